The number of ether oxygens (including phenoxy) is 1. The Bertz CT molecular complexity index is 504. The number of rotatable bonds is 28. The molecule has 1 rings (SSSR count). The number of carbonyl (C=O) groups excluding carboxylic acids is 1. The van der Waals surface area contributed by atoms with Crippen LogP contribution in [0.15, 0.2) is 0 Å². The summed E-state index contributed by atoms with van der Waals surface area (Å²) in [6.45, 7) is 9.28. The summed E-state index contributed by atoms with van der Waals surface area (Å²) in [7, 11) is -1.89. The lowest BCUT2D eigenvalue weighted by Gasteiger charge is -2.18. The van der Waals surface area contributed by atoms with Crippen LogP contribution in [0.25, 0.3) is 0 Å². The first-order chi connectivity index (χ1) is 18.1. The van der Waals surface area contributed by atoms with Gasteiger partial charge in [0.05, 0.1) is 19.8 Å². The Morgan fingerprint density at radius 1 is 0.757 bits per heavy atom. The van der Waals surface area contributed by atoms with E-state index in [0.29, 0.717) is 26.2 Å². The number of ketones is 1. The number of hydrogen-bond donors (Lipinski definition) is 1. The van der Waals surface area contributed by atoms with Crippen molar-refractivity contribution in [2.24, 2.45) is 5.92 Å². The van der Waals surface area contributed by atoms with Gasteiger partial charge in [-0.05, 0) is 45.7 Å². The van der Waals surface area contributed by atoms with Crippen molar-refractivity contribution >= 4 is 14.4 Å². The van der Waals surface area contributed by atoms with Gasteiger partial charge in [-0.25, -0.2) is 0 Å². The normalized spacial score (nSPS) is 15.9. The summed E-state index contributed by atoms with van der Waals surface area (Å²) >= 11 is 0. The van der Waals surface area contributed by atoms with E-state index in [9.17, 15) is 9.69 Å². The van der Waals surface area contributed by atoms with E-state index in [1.165, 1.54) is 116 Å². The summed E-state index contributed by atoms with van der Waals surface area (Å²) in [4.78, 5) is 24.1. The fourth-order valence-corrected chi connectivity index (χ4v) is 5.74. The van der Waals surface area contributed by atoms with E-state index in [2.05, 4.69) is 11.8 Å². The Balaban J connectivity index is 1.91. The highest BCUT2D eigenvalue weighted by Gasteiger charge is 2.17. The highest BCUT2D eigenvalue weighted by molar-refractivity contribution is 7.40. The lowest BCUT2D eigenvalue weighted by molar-refractivity contribution is -0.118. The minimum atomic E-state index is -1.89. The van der Waals surface area contributed by atoms with Gasteiger partial charge in [0.2, 0.25) is 0 Å². The van der Waals surface area contributed by atoms with Crippen molar-refractivity contribution in [2.75, 3.05) is 46.1 Å². The summed E-state index contributed by atoms with van der Waals surface area (Å²) in [6.07, 6.45) is 24.2. The van der Waals surface area contributed by atoms with E-state index in [-0.39, 0.29) is 11.7 Å². The fourth-order valence-electron chi connectivity index (χ4n) is 5.04. The van der Waals surface area contributed by atoms with Gasteiger partial charge in [0.15, 0.2) is 0 Å². The molecule has 37 heavy (non-hydrogen) atoms. The van der Waals surface area contributed by atoms with Crippen LogP contribution in [-0.4, -0.2) is 61.6 Å². The highest BCUT2D eigenvalue weighted by atomic mass is 31.2. The highest BCUT2D eigenvalue weighted by Crippen LogP contribution is 2.34. The number of Topliss-reactive ketones (excluding diaryl/α,β-unsaturated/α-hetero) is 1. The molecule has 0 amide bonds. The molecule has 0 bridgehead atoms. The van der Waals surface area contributed by atoms with Gasteiger partial charge in [0, 0.05) is 25.5 Å². The molecule has 0 radical (unpaired) electrons. The van der Waals surface area contributed by atoms with Crippen molar-refractivity contribution < 1.29 is 23.5 Å². The first kappa shape index (κ1) is 34.9. The van der Waals surface area contributed by atoms with Crippen LogP contribution in [-0.2, 0) is 18.6 Å². The average molecular weight is 546 g/mol. The van der Waals surface area contributed by atoms with E-state index in [1.807, 2.05) is 0 Å². The van der Waals surface area contributed by atoms with E-state index in [1.54, 1.807) is 6.92 Å². The van der Waals surface area contributed by atoms with Crippen molar-refractivity contribution in [3.05, 3.63) is 0 Å². The van der Waals surface area contributed by atoms with E-state index in [0.717, 1.165) is 26.0 Å². The van der Waals surface area contributed by atoms with Crippen molar-refractivity contribution in [2.45, 2.75) is 136 Å². The Morgan fingerprint density at radius 2 is 1.30 bits per heavy atom. The Morgan fingerprint density at radius 3 is 1.84 bits per heavy atom. The molecule has 0 spiro atoms. The minimum Gasteiger partial charge on any atom is -0.381 e. The molecule has 2 atom stereocenters. The van der Waals surface area contributed by atoms with Crippen molar-refractivity contribution in [1.82, 2.24) is 4.90 Å². The average Bonchev–Trinajstić information content (AvgIpc) is 3.40. The third kappa shape index (κ3) is 23.5. The lowest BCUT2D eigenvalue weighted by Crippen LogP contribution is -2.21. The van der Waals surface area contributed by atoms with Crippen LogP contribution >= 0.6 is 8.60 Å². The molecule has 0 aromatic rings. The van der Waals surface area contributed by atoms with Gasteiger partial charge in [-0.15, -0.1) is 0 Å². The molecule has 0 aromatic carbocycles. The van der Waals surface area contributed by atoms with Gasteiger partial charge in [0.25, 0.3) is 0 Å². The Labute approximate surface area is 230 Å². The Hall–Kier alpha value is -0.100. The summed E-state index contributed by atoms with van der Waals surface area (Å²) < 4.78 is 16.8. The van der Waals surface area contributed by atoms with Crippen LogP contribution in [0.2, 0.25) is 0 Å². The van der Waals surface area contributed by atoms with Crippen LogP contribution in [0.4, 0.5) is 0 Å². The largest absolute Gasteiger partial charge is 0.381 e. The van der Waals surface area contributed by atoms with Crippen LogP contribution in [0.3, 0.4) is 0 Å². The summed E-state index contributed by atoms with van der Waals surface area (Å²) in [5.74, 6) is 0.0946. The first-order valence-corrected chi connectivity index (χ1v) is 16.8. The number of nitrogens with zero attached hydrogens (tertiary/aromatic N) is 1. The van der Waals surface area contributed by atoms with Crippen LogP contribution in [0.1, 0.15) is 136 Å². The van der Waals surface area contributed by atoms with Gasteiger partial charge in [-0.2, -0.15) is 0 Å². The second kappa shape index (κ2) is 26.1. The zero-order valence-corrected chi connectivity index (χ0v) is 25.3. The molecular weight excluding hydrogens is 485 g/mol. The second-order valence-electron chi connectivity index (χ2n) is 11.1. The molecular formula is C30H60NO5P. The van der Waals surface area contributed by atoms with Crippen molar-refractivity contribution in [3.63, 3.8) is 0 Å². The molecule has 7 heteroatoms. The fraction of sp³-hybridized carbons (Fsp3) is 0.967. The molecule has 1 fully saturated rings. The quantitative estimate of drug-likeness (QED) is 0.0789. The summed E-state index contributed by atoms with van der Waals surface area (Å²) in [5, 5.41) is 0. The number of carbonyl (C=O) groups is 1. The number of likely N-dealkylation sites (tertiary alicyclic amines) is 1. The molecule has 0 aromatic heterocycles. The van der Waals surface area contributed by atoms with E-state index >= 15 is 0 Å². The van der Waals surface area contributed by atoms with Crippen LogP contribution in [0.5, 0.6) is 0 Å². The molecule has 1 N–H and O–H groups in total. The van der Waals surface area contributed by atoms with E-state index < -0.39 is 8.60 Å². The maximum Gasteiger partial charge on any atom is 0.329 e. The molecule has 1 saturated heterocycles. The monoisotopic (exact) mass is 545 g/mol. The zero-order chi connectivity index (χ0) is 26.8. The molecule has 1 heterocycles. The Kier molecular flexibility index (Phi) is 24.7. The standard InChI is InChI=1S/C30H60NO5P/c1-3-4-5-6-7-8-9-10-11-12-13-14-15-16-19-24-34-27-30(26-29(2)32)28-36-37(33)35-25-20-23-31-21-17-18-22-31/h30,33H,3-28H2,1-2H3. The van der Waals surface area contributed by atoms with Gasteiger partial charge >= 0.3 is 8.60 Å². The van der Waals surface area contributed by atoms with Gasteiger partial charge < -0.3 is 28.4 Å². The van der Waals surface area contributed by atoms with Crippen LogP contribution in [0, 0.1) is 5.92 Å². The summed E-state index contributed by atoms with van der Waals surface area (Å²) in [5.41, 5.74) is 0. The molecule has 1 aliphatic heterocycles. The minimum absolute atomic E-state index is 0.0285. The molecule has 6 nitrogen and oxygen atoms in total. The summed E-state index contributed by atoms with van der Waals surface area (Å²) in [6, 6.07) is 0. The van der Waals surface area contributed by atoms with Crippen molar-refractivity contribution in [3.8, 4) is 0 Å². The smallest absolute Gasteiger partial charge is 0.329 e. The number of hydrogen-bond acceptors (Lipinski definition) is 6. The third-order valence-electron chi connectivity index (χ3n) is 7.26. The molecule has 1 aliphatic rings. The maximum atomic E-state index is 11.6. The van der Waals surface area contributed by atoms with E-state index in [4.69, 9.17) is 13.8 Å². The zero-order valence-electron chi connectivity index (χ0n) is 24.4. The third-order valence-corrected chi connectivity index (χ3v) is 8.04. The molecule has 0 saturated carbocycles. The predicted molar refractivity (Wildman–Crippen MR) is 156 cm³/mol. The van der Waals surface area contributed by atoms with Gasteiger partial charge in [0.1, 0.15) is 5.78 Å². The SMILES string of the molecule is CCCCCCCCCCCCCCCCCOCC(COP(O)OCCCN1CCCC1)CC(C)=O. The lowest BCUT2D eigenvalue weighted by atomic mass is 10.0. The van der Waals surface area contributed by atoms with Crippen molar-refractivity contribution in [1.29, 1.82) is 0 Å². The predicted octanol–water partition coefficient (Wildman–Crippen LogP) is 8.21. The van der Waals surface area contributed by atoms with Gasteiger partial charge in [-0.3, -0.25) is 0 Å². The molecule has 2 unspecified atom stereocenters. The maximum absolute atomic E-state index is 11.6. The van der Waals surface area contributed by atoms with Gasteiger partial charge in [-0.1, -0.05) is 96.8 Å². The first-order valence-electron chi connectivity index (χ1n) is 15.7. The second-order valence-corrected chi connectivity index (χ2v) is 12.1. The molecule has 220 valence electrons. The van der Waals surface area contributed by atoms with Crippen LogP contribution < -0.4 is 0 Å². The number of unbranched alkanes of at least 4 members (excludes halogenated alkanes) is 14. The molecule has 0 aliphatic carbocycles. The topological polar surface area (TPSA) is 68.2 Å².